The SMILES string of the molecule is OC[C@@]1(Cc2ccccc2)CCCN(Cc2ccc(-c3ccco3)cc2)C1. The first kappa shape index (κ1) is 18.0. The molecule has 0 spiro atoms. The van der Waals surface area contributed by atoms with Gasteiger partial charge in [-0.25, -0.2) is 0 Å². The van der Waals surface area contributed by atoms with E-state index in [1.807, 2.05) is 12.1 Å². The lowest BCUT2D eigenvalue weighted by Gasteiger charge is -2.42. The first-order chi connectivity index (χ1) is 13.3. The molecule has 1 saturated heterocycles. The molecule has 1 aliphatic rings. The van der Waals surface area contributed by atoms with Crippen LogP contribution in [0.25, 0.3) is 11.3 Å². The molecule has 0 bridgehead atoms. The smallest absolute Gasteiger partial charge is 0.133 e. The number of aliphatic hydroxyl groups excluding tert-OH is 1. The summed E-state index contributed by atoms with van der Waals surface area (Å²) in [6.07, 6.45) is 4.88. The third kappa shape index (κ3) is 4.32. The van der Waals surface area contributed by atoms with Crippen LogP contribution in [0, 0.1) is 5.41 Å². The van der Waals surface area contributed by atoms with Crippen LogP contribution in [-0.2, 0) is 13.0 Å². The van der Waals surface area contributed by atoms with Crippen molar-refractivity contribution in [3.8, 4) is 11.3 Å². The molecule has 140 valence electrons. The Morgan fingerprint density at radius 1 is 0.926 bits per heavy atom. The number of aliphatic hydroxyl groups is 1. The molecule has 4 rings (SSSR count). The fourth-order valence-corrected chi connectivity index (χ4v) is 4.28. The molecule has 2 aromatic carbocycles. The van der Waals surface area contributed by atoms with Crippen LogP contribution in [0.1, 0.15) is 24.0 Å². The molecule has 3 nitrogen and oxygen atoms in total. The number of benzene rings is 2. The molecule has 0 saturated carbocycles. The largest absolute Gasteiger partial charge is 0.464 e. The number of likely N-dealkylation sites (tertiary alicyclic amines) is 1. The van der Waals surface area contributed by atoms with Gasteiger partial charge in [-0.2, -0.15) is 0 Å². The van der Waals surface area contributed by atoms with Crippen LogP contribution in [0.15, 0.2) is 77.4 Å². The second-order valence-corrected chi connectivity index (χ2v) is 7.81. The van der Waals surface area contributed by atoms with Crippen molar-refractivity contribution in [3.63, 3.8) is 0 Å². The van der Waals surface area contributed by atoms with Gasteiger partial charge in [-0.1, -0.05) is 54.6 Å². The molecule has 0 aliphatic carbocycles. The van der Waals surface area contributed by atoms with Gasteiger partial charge in [0, 0.05) is 24.1 Å². The zero-order valence-corrected chi connectivity index (χ0v) is 15.7. The number of hydrogen-bond donors (Lipinski definition) is 1. The third-order valence-corrected chi connectivity index (χ3v) is 5.66. The quantitative estimate of drug-likeness (QED) is 0.687. The molecule has 0 unspecified atom stereocenters. The molecule has 1 atom stereocenters. The highest BCUT2D eigenvalue weighted by molar-refractivity contribution is 5.57. The van der Waals surface area contributed by atoms with Gasteiger partial charge >= 0.3 is 0 Å². The topological polar surface area (TPSA) is 36.6 Å². The third-order valence-electron chi connectivity index (χ3n) is 5.66. The maximum absolute atomic E-state index is 10.2. The molecule has 3 aromatic rings. The fraction of sp³-hybridized carbons (Fsp3) is 0.333. The number of piperidine rings is 1. The standard InChI is InChI=1S/C24H27NO2/c26-19-24(16-20-6-2-1-3-7-20)13-5-14-25(18-24)17-21-9-11-22(12-10-21)23-8-4-15-27-23/h1-4,6-12,15,26H,5,13-14,16-19H2/t24-/m1/s1. The van der Waals surface area contributed by atoms with Crippen molar-refractivity contribution in [1.29, 1.82) is 0 Å². The van der Waals surface area contributed by atoms with Gasteiger partial charge in [0.1, 0.15) is 5.76 Å². The van der Waals surface area contributed by atoms with E-state index in [9.17, 15) is 5.11 Å². The lowest BCUT2D eigenvalue weighted by atomic mass is 9.75. The molecule has 2 heterocycles. The highest BCUT2D eigenvalue weighted by atomic mass is 16.3. The fourth-order valence-electron chi connectivity index (χ4n) is 4.28. The lowest BCUT2D eigenvalue weighted by Crippen LogP contribution is -2.46. The Morgan fingerprint density at radius 3 is 2.44 bits per heavy atom. The number of hydrogen-bond acceptors (Lipinski definition) is 3. The second-order valence-electron chi connectivity index (χ2n) is 7.81. The van der Waals surface area contributed by atoms with E-state index in [1.165, 1.54) is 11.1 Å². The molecule has 1 N–H and O–H groups in total. The molecular formula is C24H27NO2. The van der Waals surface area contributed by atoms with Crippen LogP contribution in [0.3, 0.4) is 0 Å². The summed E-state index contributed by atoms with van der Waals surface area (Å²) < 4.78 is 5.47. The highest BCUT2D eigenvalue weighted by Crippen LogP contribution is 2.34. The highest BCUT2D eigenvalue weighted by Gasteiger charge is 2.35. The Kier molecular flexibility index (Phi) is 5.42. The van der Waals surface area contributed by atoms with Gasteiger partial charge < -0.3 is 9.52 Å². The van der Waals surface area contributed by atoms with Gasteiger partial charge in [-0.05, 0) is 49.1 Å². The first-order valence-corrected chi connectivity index (χ1v) is 9.76. The van der Waals surface area contributed by atoms with Gasteiger partial charge in [0.2, 0.25) is 0 Å². The monoisotopic (exact) mass is 361 g/mol. The Bertz CT molecular complexity index is 827. The maximum atomic E-state index is 10.2. The van der Waals surface area contributed by atoms with E-state index in [-0.39, 0.29) is 12.0 Å². The summed E-state index contributed by atoms with van der Waals surface area (Å²) >= 11 is 0. The van der Waals surface area contributed by atoms with Gasteiger partial charge in [-0.3, -0.25) is 4.90 Å². The zero-order valence-electron chi connectivity index (χ0n) is 15.7. The Hall–Kier alpha value is -2.36. The summed E-state index contributed by atoms with van der Waals surface area (Å²) in [4.78, 5) is 2.49. The minimum Gasteiger partial charge on any atom is -0.464 e. The van der Waals surface area contributed by atoms with E-state index in [1.54, 1.807) is 6.26 Å². The van der Waals surface area contributed by atoms with Crippen molar-refractivity contribution < 1.29 is 9.52 Å². The predicted octanol–water partition coefficient (Wildman–Crippen LogP) is 4.76. The van der Waals surface area contributed by atoms with Crippen LogP contribution in [-0.4, -0.2) is 29.7 Å². The van der Waals surface area contributed by atoms with Crippen molar-refractivity contribution >= 4 is 0 Å². The molecular weight excluding hydrogens is 334 g/mol. The molecule has 1 aromatic heterocycles. The Balaban J connectivity index is 1.43. The average molecular weight is 361 g/mol. The molecule has 0 amide bonds. The second kappa shape index (κ2) is 8.12. The van der Waals surface area contributed by atoms with Crippen LogP contribution in [0.5, 0.6) is 0 Å². The molecule has 3 heteroatoms. The van der Waals surface area contributed by atoms with E-state index in [4.69, 9.17) is 4.42 Å². The normalized spacial score (nSPS) is 20.6. The molecule has 27 heavy (non-hydrogen) atoms. The van der Waals surface area contributed by atoms with Crippen molar-refractivity contribution in [2.24, 2.45) is 5.41 Å². The number of nitrogens with zero attached hydrogens (tertiary/aromatic N) is 1. The van der Waals surface area contributed by atoms with Crippen LogP contribution < -0.4 is 0 Å². The lowest BCUT2D eigenvalue weighted by molar-refractivity contribution is 0.0288. The van der Waals surface area contributed by atoms with E-state index in [0.717, 1.165) is 50.2 Å². The number of furan rings is 1. The Labute approximate surface area is 161 Å². The molecule has 1 fully saturated rings. The zero-order chi connectivity index (χ0) is 18.5. The van der Waals surface area contributed by atoms with Crippen molar-refractivity contribution in [3.05, 3.63) is 84.1 Å². The maximum Gasteiger partial charge on any atom is 0.133 e. The van der Waals surface area contributed by atoms with Crippen LogP contribution in [0.2, 0.25) is 0 Å². The van der Waals surface area contributed by atoms with Crippen LogP contribution in [0.4, 0.5) is 0 Å². The summed E-state index contributed by atoms with van der Waals surface area (Å²) in [5.41, 5.74) is 3.69. The minimum atomic E-state index is -0.0340. The first-order valence-electron chi connectivity index (χ1n) is 9.76. The van der Waals surface area contributed by atoms with E-state index in [2.05, 4.69) is 59.5 Å². The van der Waals surface area contributed by atoms with Gasteiger partial charge in [0.05, 0.1) is 12.9 Å². The van der Waals surface area contributed by atoms with Crippen LogP contribution >= 0.6 is 0 Å². The van der Waals surface area contributed by atoms with Crippen molar-refractivity contribution in [1.82, 2.24) is 4.90 Å². The van der Waals surface area contributed by atoms with Crippen molar-refractivity contribution in [2.45, 2.75) is 25.8 Å². The van der Waals surface area contributed by atoms with Crippen molar-refractivity contribution in [2.75, 3.05) is 19.7 Å². The summed E-state index contributed by atoms with van der Waals surface area (Å²) in [6.45, 7) is 3.21. The summed E-state index contributed by atoms with van der Waals surface area (Å²) in [5.74, 6) is 0.904. The average Bonchev–Trinajstić information content (AvgIpc) is 3.24. The van der Waals surface area contributed by atoms with E-state index >= 15 is 0 Å². The number of rotatable bonds is 6. The molecule has 1 aliphatic heterocycles. The Morgan fingerprint density at radius 2 is 1.74 bits per heavy atom. The summed E-state index contributed by atoms with van der Waals surface area (Å²) in [5, 5.41) is 10.2. The van der Waals surface area contributed by atoms with Gasteiger partial charge in [0.15, 0.2) is 0 Å². The summed E-state index contributed by atoms with van der Waals surface area (Å²) in [6, 6.07) is 23.1. The van der Waals surface area contributed by atoms with Gasteiger partial charge in [0.25, 0.3) is 0 Å². The minimum absolute atomic E-state index is 0.0340. The van der Waals surface area contributed by atoms with E-state index in [0.29, 0.717) is 0 Å². The predicted molar refractivity (Wildman–Crippen MR) is 108 cm³/mol. The molecule has 0 radical (unpaired) electrons. The van der Waals surface area contributed by atoms with E-state index < -0.39 is 0 Å². The van der Waals surface area contributed by atoms with Gasteiger partial charge in [-0.15, -0.1) is 0 Å². The summed E-state index contributed by atoms with van der Waals surface area (Å²) in [7, 11) is 0.